The van der Waals surface area contributed by atoms with Crippen LogP contribution in [0.2, 0.25) is 0 Å². The number of imidazole rings is 1. The molecule has 7 nitrogen and oxygen atoms in total. The molecule has 0 saturated carbocycles. The van der Waals surface area contributed by atoms with Crippen molar-refractivity contribution in [2.45, 2.75) is 17.5 Å². The molecule has 3 rings (SSSR count). The summed E-state index contributed by atoms with van der Waals surface area (Å²) in [6.07, 6.45) is 2.55. The highest BCUT2D eigenvalue weighted by Gasteiger charge is 2.30. The summed E-state index contributed by atoms with van der Waals surface area (Å²) in [5.74, 6) is 0.385. The van der Waals surface area contributed by atoms with Gasteiger partial charge in [-0.2, -0.15) is 0 Å². The number of likely N-dealkylation sites (tertiary alicyclic amines) is 1. The summed E-state index contributed by atoms with van der Waals surface area (Å²) < 4.78 is 29.6. The minimum Gasteiger partial charge on any atom is -0.371 e. The molecule has 0 aromatic carbocycles. The van der Waals surface area contributed by atoms with Gasteiger partial charge in [0.15, 0.2) is 15.8 Å². The summed E-state index contributed by atoms with van der Waals surface area (Å²) in [5.41, 5.74) is 0. The number of fused-ring (bicyclic) bond motifs is 1. The topological polar surface area (TPSA) is 78.7 Å². The van der Waals surface area contributed by atoms with Gasteiger partial charge in [0.25, 0.3) is 10.0 Å². The molecule has 2 aromatic heterocycles. The highest BCUT2D eigenvalue weighted by molar-refractivity contribution is 7.89. The zero-order valence-corrected chi connectivity index (χ0v) is 13.0. The number of aromatic nitrogens is 2. The molecular formula is C11H17N5O2S2. The average Bonchev–Trinajstić information content (AvgIpc) is 3.02. The maximum absolute atomic E-state index is 12.6. The summed E-state index contributed by atoms with van der Waals surface area (Å²) in [4.78, 5) is 7.07. The Morgan fingerprint density at radius 1 is 1.50 bits per heavy atom. The van der Waals surface area contributed by atoms with Gasteiger partial charge in [-0.25, -0.2) is 18.1 Å². The molecular weight excluding hydrogens is 298 g/mol. The van der Waals surface area contributed by atoms with E-state index in [4.69, 9.17) is 0 Å². The summed E-state index contributed by atoms with van der Waals surface area (Å²) in [7, 11) is 0.0696. The van der Waals surface area contributed by atoms with Crippen molar-refractivity contribution < 1.29 is 8.42 Å². The van der Waals surface area contributed by atoms with Gasteiger partial charge in [0.05, 0.1) is 0 Å². The lowest BCUT2D eigenvalue weighted by Gasteiger charge is -2.13. The van der Waals surface area contributed by atoms with Gasteiger partial charge in [0.2, 0.25) is 0 Å². The molecule has 20 heavy (non-hydrogen) atoms. The highest BCUT2D eigenvalue weighted by Crippen LogP contribution is 2.25. The Morgan fingerprint density at radius 2 is 2.30 bits per heavy atom. The van der Waals surface area contributed by atoms with E-state index in [9.17, 15) is 8.42 Å². The van der Waals surface area contributed by atoms with E-state index in [0.29, 0.717) is 10.8 Å². The summed E-state index contributed by atoms with van der Waals surface area (Å²) >= 11 is 1.41. The largest absolute Gasteiger partial charge is 0.371 e. The average molecular weight is 315 g/mol. The zero-order chi connectivity index (χ0) is 14.3. The summed E-state index contributed by atoms with van der Waals surface area (Å²) in [6.45, 7) is 1.64. The number of rotatable bonds is 4. The Balaban J connectivity index is 1.97. The lowest BCUT2D eigenvalue weighted by molar-refractivity contribution is 0.407. The third-order valence-electron chi connectivity index (χ3n) is 3.42. The standard InChI is InChI=1S/C11H17N5O2S2/c1-12-9-10(16-5-6-19-11(16)13-9)20(17,18)14-8-3-4-15(2)7-8/h5-6,8,12,14H,3-4,7H2,1-2H3. The van der Waals surface area contributed by atoms with Crippen LogP contribution in [0.15, 0.2) is 16.6 Å². The van der Waals surface area contributed by atoms with E-state index in [-0.39, 0.29) is 11.1 Å². The second kappa shape index (κ2) is 4.99. The predicted molar refractivity (Wildman–Crippen MR) is 78.8 cm³/mol. The van der Waals surface area contributed by atoms with E-state index in [1.807, 2.05) is 12.4 Å². The quantitative estimate of drug-likeness (QED) is 0.855. The SMILES string of the molecule is CNc1nc2sccn2c1S(=O)(=O)NC1CCN(C)C1. The van der Waals surface area contributed by atoms with Crippen molar-refractivity contribution in [2.75, 3.05) is 32.5 Å². The molecule has 2 N–H and O–H groups in total. The van der Waals surface area contributed by atoms with Crippen molar-refractivity contribution in [3.8, 4) is 0 Å². The Labute approximate surface area is 121 Å². The normalized spacial score (nSPS) is 20.8. The van der Waals surface area contributed by atoms with E-state index < -0.39 is 10.0 Å². The van der Waals surface area contributed by atoms with Gasteiger partial charge in [0, 0.05) is 31.2 Å². The molecule has 1 saturated heterocycles. The fraction of sp³-hybridized carbons (Fsp3) is 0.545. The Morgan fingerprint density at radius 3 is 2.95 bits per heavy atom. The molecule has 1 aliphatic rings. The van der Waals surface area contributed by atoms with Gasteiger partial charge in [-0.3, -0.25) is 4.40 Å². The van der Waals surface area contributed by atoms with Crippen molar-refractivity contribution in [2.24, 2.45) is 0 Å². The molecule has 0 spiro atoms. The van der Waals surface area contributed by atoms with Crippen LogP contribution >= 0.6 is 11.3 Å². The van der Waals surface area contributed by atoms with Crippen LogP contribution in [0.1, 0.15) is 6.42 Å². The third kappa shape index (κ3) is 2.30. The first-order valence-corrected chi connectivity index (χ1v) is 8.72. The van der Waals surface area contributed by atoms with Gasteiger partial charge < -0.3 is 10.2 Å². The molecule has 1 aliphatic heterocycles. The lowest BCUT2D eigenvalue weighted by Crippen LogP contribution is -2.37. The minimum absolute atomic E-state index is 0.0427. The number of nitrogens with one attached hydrogen (secondary N) is 2. The van der Waals surface area contributed by atoms with Crippen LogP contribution in [0, 0.1) is 0 Å². The van der Waals surface area contributed by atoms with Crippen LogP contribution in [0.5, 0.6) is 0 Å². The number of anilines is 1. The molecule has 3 heterocycles. The number of thiazole rings is 1. The van der Waals surface area contributed by atoms with Crippen molar-refractivity contribution in [1.82, 2.24) is 19.0 Å². The molecule has 0 bridgehead atoms. The summed E-state index contributed by atoms with van der Waals surface area (Å²) in [6, 6.07) is -0.0427. The molecule has 1 fully saturated rings. The molecule has 0 aliphatic carbocycles. The molecule has 110 valence electrons. The van der Waals surface area contributed by atoms with Gasteiger partial charge in [0.1, 0.15) is 0 Å². The molecule has 1 atom stereocenters. The molecule has 9 heteroatoms. The van der Waals surface area contributed by atoms with Gasteiger partial charge >= 0.3 is 0 Å². The fourth-order valence-corrected chi connectivity index (χ4v) is 4.81. The van der Waals surface area contributed by atoms with Crippen LogP contribution in [-0.2, 0) is 10.0 Å². The molecule has 0 radical (unpaired) electrons. The number of hydrogen-bond donors (Lipinski definition) is 2. The predicted octanol–water partition coefficient (Wildman–Crippen LogP) is 0.420. The fourth-order valence-electron chi connectivity index (χ4n) is 2.49. The first-order valence-electron chi connectivity index (χ1n) is 6.35. The first-order chi connectivity index (χ1) is 9.51. The number of hydrogen-bond acceptors (Lipinski definition) is 6. The maximum atomic E-state index is 12.6. The van der Waals surface area contributed by atoms with E-state index in [1.54, 1.807) is 17.6 Å². The number of sulfonamides is 1. The first kappa shape index (κ1) is 13.8. The zero-order valence-electron chi connectivity index (χ0n) is 11.3. The third-order valence-corrected chi connectivity index (χ3v) is 5.72. The van der Waals surface area contributed by atoms with E-state index >= 15 is 0 Å². The van der Waals surface area contributed by atoms with Crippen molar-refractivity contribution in [3.63, 3.8) is 0 Å². The van der Waals surface area contributed by atoms with Gasteiger partial charge in [-0.05, 0) is 20.0 Å². The lowest BCUT2D eigenvalue weighted by atomic mass is 10.3. The Kier molecular flexibility index (Phi) is 3.44. The van der Waals surface area contributed by atoms with Crippen molar-refractivity contribution in [1.29, 1.82) is 0 Å². The van der Waals surface area contributed by atoms with Gasteiger partial charge in [-0.1, -0.05) is 0 Å². The van der Waals surface area contributed by atoms with Crippen LogP contribution in [-0.4, -0.2) is 55.9 Å². The molecule has 2 aromatic rings. The van der Waals surface area contributed by atoms with Crippen LogP contribution < -0.4 is 10.0 Å². The maximum Gasteiger partial charge on any atom is 0.260 e. The minimum atomic E-state index is -3.60. The number of nitrogens with zero attached hydrogens (tertiary/aromatic N) is 3. The van der Waals surface area contributed by atoms with Crippen molar-refractivity contribution >= 4 is 32.1 Å². The molecule has 0 amide bonds. The van der Waals surface area contributed by atoms with Crippen molar-refractivity contribution in [3.05, 3.63) is 11.6 Å². The second-order valence-corrected chi connectivity index (χ2v) is 7.44. The monoisotopic (exact) mass is 315 g/mol. The summed E-state index contributed by atoms with van der Waals surface area (Å²) in [5, 5.41) is 4.87. The van der Waals surface area contributed by atoms with E-state index in [0.717, 1.165) is 19.5 Å². The van der Waals surface area contributed by atoms with Crippen LogP contribution in [0.4, 0.5) is 5.82 Å². The Bertz CT molecular complexity index is 720. The van der Waals surface area contributed by atoms with Crippen LogP contribution in [0.25, 0.3) is 4.96 Å². The van der Waals surface area contributed by atoms with Crippen LogP contribution in [0.3, 0.4) is 0 Å². The van der Waals surface area contributed by atoms with E-state index in [2.05, 4.69) is 19.9 Å². The highest BCUT2D eigenvalue weighted by atomic mass is 32.2. The number of likely N-dealkylation sites (N-methyl/N-ethyl adjacent to an activating group) is 1. The van der Waals surface area contributed by atoms with E-state index in [1.165, 1.54) is 11.3 Å². The molecule has 1 unspecified atom stereocenters. The smallest absolute Gasteiger partial charge is 0.260 e. The second-order valence-electron chi connectivity index (χ2n) is 4.94. The van der Waals surface area contributed by atoms with Gasteiger partial charge in [-0.15, -0.1) is 11.3 Å². The Hall–Kier alpha value is -1.16.